The Balaban J connectivity index is 3.82. The van der Waals surface area contributed by atoms with E-state index in [2.05, 4.69) is 6.92 Å². The van der Waals surface area contributed by atoms with Crippen LogP contribution in [0.3, 0.4) is 0 Å². The zero-order valence-electron chi connectivity index (χ0n) is 20.9. The Morgan fingerprint density at radius 3 is 1.70 bits per heavy atom. The Labute approximate surface area is 203 Å². The Bertz CT molecular complexity index is 478. The highest BCUT2D eigenvalue weighted by molar-refractivity contribution is 7.17. The van der Waals surface area contributed by atoms with Crippen molar-refractivity contribution in [3.05, 3.63) is 0 Å². The molecule has 0 aliphatic rings. The molecule has 0 aromatic rings. The second-order valence-electron chi connectivity index (χ2n) is 8.76. The van der Waals surface area contributed by atoms with Crippen LogP contribution >= 0.6 is 8.69 Å². The molecule has 7 nitrogen and oxygen atoms in total. The first-order valence-electron chi connectivity index (χ1n) is 13.1. The third-order valence-electron chi connectivity index (χ3n) is 5.61. The summed E-state index contributed by atoms with van der Waals surface area (Å²) in [6, 6.07) is 0. The molecule has 0 saturated carbocycles. The number of nitrogens with two attached hydrogens (primary N) is 1. The topological polar surface area (TPSA) is 105 Å². The van der Waals surface area contributed by atoms with Crippen LogP contribution in [0.1, 0.15) is 122 Å². The second kappa shape index (κ2) is 25.6. The van der Waals surface area contributed by atoms with Crippen LogP contribution in [0.5, 0.6) is 0 Å². The highest BCUT2D eigenvalue weighted by atomic mass is 31.1. The first kappa shape index (κ1) is 32.0. The molecule has 0 amide bonds. The van der Waals surface area contributed by atoms with E-state index in [1.54, 1.807) is 0 Å². The van der Waals surface area contributed by atoms with Gasteiger partial charge in [-0.15, -0.1) is 0 Å². The SMILES string of the molecule is CCCCCCCCC(=O)O[C@@H](COP=O)COC(=O)CCCCCCCCCCCCN. The van der Waals surface area contributed by atoms with Crippen molar-refractivity contribution in [1.29, 1.82) is 0 Å². The van der Waals surface area contributed by atoms with Gasteiger partial charge < -0.3 is 15.2 Å². The lowest BCUT2D eigenvalue weighted by atomic mass is 10.1. The van der Waals surface area contributed by atoms with Gasteiger partial charge >= 0.3 is 20.6 Å². The third kappa shape index (κ3) is 23.9. The summed E-state index contributed by atoms with van der Waals surface area (Å²) >= 11 is 0. The van der Waals surface area contributed by atoms with Crippen molar-refractivity contribution in [2.24, 2.45) is 5.73 Å². The van der Waals surface area contributed by atoms with Crippen LogP contribution in [0, 0.1) is 0 Å². The molecule has 0 rings (SSSR count). The van der Waals surface area contributed by atoms with Crippen LogP contribution in [0.15, 0.2) is 0 Å². The number of unbranched alkanes of at least 4 members (excludes halogenated alkanes) is 14. The van der Waals surface area contributed by atoms with Gasteiger partial charge in [0.2, 0.25) is 0 Å². The zero-order chi connectivity index (χ0) is 24.4. The van der Waals surface area contributed by atoms with E-state index in [-0.39, 0.29) is 25.2 Å². The molecular weight excluding hydrogens is 441 g/mol. The smallest absolute Gasteiger partial charge is 0.327 e. The molecule has 8 heteroatoms. The summed E-state index contributed by atoms with van der Waals surface area (Å²) in [6.45, 7) is 2.83. The first-order valence-corrected chi connectivity index (χ1v) is 13.9. The van der Waals surface area contributed by atoms with Crippen LogP contribution in [-0.2, 0) is 28.2 Å². The van der Waals surface area contributed by atoms with E-state index < -0.39 is 14.8 Å². The summed E-state index contributed by atoms with van der Waals surface area (Å²) < 4.78 is 26.0. The van der Waals surface area contributed by atoms with Crippen molar-refractivity contribution in [3.63, 3.8) is 0 Å². The first-order chi connectivity index (χ1) is 16.1. The molecule has 0 radical (unpaired) electrons. The average molecular weight is 490 g/mol. The van der Waals surface area contributed by atoms with Gasteiger partial charge in [0.25, 0.3) is 0 Å². The van der Waals surface area contributed by atoms with E-state index in [1.807, 2.05) is 0 Å². The van der Waals surface area contributed by atoms with E-state index in [4.69, 9.17) is 19.7 Å². The van der Waals surface area contributed by atoms with Crippen LogP contribution < -0.4 is 5.73 Å². The maximum absolute atomic E-state index is 12.0. The van der Waals surface area contributed by atoms with Gasteiger partial charge in [-0.1, -0.05) is 90.4 Å². The summed E-state index contributed by atoms with van der Waals surface area (Å²) in [5, 5.41) is 0. The molecule has 0 spiro atoms. The lowest BCUT2D eigenvalue weighted by molar-refractivity contribution is -0.160. The second-order valence-corrected chi connectivity index (χ2v) is 9.16. The molecule has 0 aliphatic carbocycles. The Morgan fingerprint density at radius 1 is 0.697 bits per heavy atom. The van der Waals surface area contributed by atoms with Gasteiger partial charge in [-0.25, -0.2) is 4.57 Å². The van der Waals surface area contributed by atoms with Gasteiger partial charge in [-0.2, -0.15) is 0 Å². The Morgan fingerprint density at radius 2 is 1.18 bits per heavy atom. The van der Waals surface area contributed by atoms with Gasteiger partial charge in [0.15, 0.2) is 6.10 Å². The van der Waals surface area contributed by atoms with Gasteiger partial charge in [-0.05, 0) is 25.8 Å². The minimum atomic E-state index is -0.729. The zero-order valence-corrected chi connectivity index (χ0v) is 21.8. The van der Waals surface area contributed by atoms with Crippen LogP contribution in [0.2, 0.25) is 0 Å². The fraction of sp³-hybridized carbons (Fsp3) is 0.920. The molecule has 33 heavy (non-hydrogen) atoms. The highest BCUT2D eigenvalue weighted by Crippen LogP contribution is 2.12. The number of esters is 2. The van der Waals surface area contributed by atoms with Crippen LogP contribution in [-0.4, -0.2) is 37.8 Å². The monoisotopic (exact) mass is 489 g/mol. The Kier molecular flexibility index (Phi) is 24.8. The van der Waals surface area contributed by atoms with Gasteiger partial charge in [0.05, 0.1) is 0 Å². The molecule has 1 atom stereocenters. The average Bonchev–Trinajstić information content (AvgIpc) is 2.81. The number of carbonyl (C=O) groups is 2. The standard InChI is InChI=1S/C25H48NO6P/c1-2-3-4-5-12-16-19-25(28)32-23(22-31-33-29)21-30-24(27)18-15-13-10-8-6-7-9-11-14-17-20-26/h23H,2-22,26H2,1H3/t23-/m1/s1. The van der Waals surface area contributed by atoms with E-state index >= 15 is 0 Å². The van der Waals surface area contributed by atoms with Crippen molar-refractivity contribution >= 4 is 20.6 Å². The van der Waals surface area contributed by atoms with Gasteiger partial charge in [0.1, 0.15) is 13.2 Å². The summed E-state index contributed by atoms with van der Waals surface area (Å²) in [5.74, 6) is -0.636. The normalized spacial score (nSPS) is 12.1. The molecule has 194 valence electrons. The molecule has 0 aromatic heterocycles. The molecule has 2 N–H and O–H groups in total. The molecule has 0 aromatic carbocycles. The highest BCUT2D eigenvalue weighted by Gasteiger charge is 2.17. The van der Waals surface area contributed by atoms with Crippen molar-refractivity contribution in [2.45, 2.75) is 129 Å². The number of rotatable bonds is 25. The largest absolute Gasteiger partial charge is 0.462 e. The number of hydrogen-bond acceptors (Lipinski definition) is 7. The van der Waals surface area contributed by atoms with Crippen molar-refractivity contribution in [3.8, 4) is 0 Å². The van der Waals surface area contributed by atoms with Crippen LogP contribution in [0.25, 0.3) is 0 Å². The molecular formula is C25H48NO6P. The maximum atomic E-state index is 12.0. The number of hydrogen-bond donors (Lipinski definition) is 1. The van der Waals surface area contributed by atoms with Gasteiger partial charge in [-0.3, -0.25) is 14.1 Å². The van der Waals surface area contributed by atoms with Crippen molar-refractivity contribution in [2.75, 3.05) is 19.8 Å². The number of carbonyl (C=O) groups excluding carboxylic acids is 2. The quantitative estimate of drug-likeness (QED) is 0.0867. The molecule has 0 heterocycles. The van der Waals surface area contributed by atoms with E-state index in [1.165, 1.54) is 57.8 Å². The summed E-state index contributed by atoms with van der Waals surface area (Å²) in [5.41, 5.74) is 5.49. The van der Waals surface area contributed by atoms with Crippen molar-refractivity contribution in [1.82, 2.24) is 0 Å². The lowest BCUT2D eigenvalue weighted by Gasteiger charge is -2.16. The minimum Gasteiger partial charge on any atom is -0.462 e. The fourth-order valence-corrected chi connectivity index (χ4v) is 3.84. The van der Waals surface area contributed by atoms with E-state index in [0.29, 0.717) is 12.8 Å². The molecule has 0 fully saturated rings. The summed E-state index contributed by atoms with van der Waals surface area (Å²) in [4.78, 5) is 24.0. The third-order valence-corrected chi connectivity index (χ3v) is 5.87. The molecule has 0 saturated heterocycles. The summed E-state index contributed by atoms with van der Waals surface area (Å²) in [7, 11) is -0.489. The fourth-order valence-electron chi connectivity index (χ4n) is 3.61. The van der Waals surface area contributed by atoms with Crippen molar-refractivity contribution < 1.29 is 28.2 Å². The van der Waals surface area contributed by atoms with E-state index in [0.717, 1.165) is 51.5 Å². The van der Waals surface area contributed by atoms with Gasteiger partial charge in [0, 0.05) is 12.8 Å². The van der Waals surface area contributed by atoms with E-state index in [9.17, 15) is 14.2 Å². The number of ether oxygens (including phenoxy) is 2. The molecule has 0 unspecified atom stereocenters. The maximum Gasteiger partial charge on any atom is 0.327 e. The molecule has 0 aliphatic heterocycles. The minimum absolute atomic E-state index is 0.0627. The Hall–Kier alpha value is -1.04. The summed E-state index contributed by atoms with van der Waals surface area (Å²) in [6.07, 6.45) is 18.1. The predicted molar refractivity (Wildman–Crippen MR) is 132 cm³/mol. The lowest BCUT2D eigenvalue weighted by Crippen LogP contribution is -2.28. The van der Waals surface area contributed by atoms with Crippen LogP contribution in [0.4, 0.5) is 0 Å². The predicted octanol–water partition coefficient (Wildman–Crippen LogP) is 6.67. The molecule has 0 bridgehead atoms.